The summed E-state index contributed by atoms with van der Waals surface area (Å²) in [4.78, 5) is 16.0. The van der Waals surface area contributed by atoms with Gasteiger partial charge in [-0.05, 0) is 25.1 Å². The lowest BCUT2D eigenvalue weighted by atomic mass is 10.1. The Kier molecular flexibility index (Phi) is 5.26. The molecule has 1 heterocycles. The smallest absolute Gasteiger partial charge is 0.126 e. The lowest BCUT2D eigenvalue weighted by Crippen LogP contribution is -2.21. The Balaban J connectivity index is 1.95. The Labute approximate surface area is 150 Å². The fraction of sp³-hybridized carbons (Fsp3) is 0.100. The summed E-state index contributed by atoms with van der Waals surface area (Å²) >= 11 is 1.10. The van der Waals surface area contributed by atoms with Gasteiger partial charge in [-0.1, -0.05) is 48.5 Å². The average molecular weight is 350 g/mol. The second-order valence-corrected chi connectivity index (χ2v) is 6.22. The van der Waals surface area contributed by atoms with Crippen LogP contribution < -0.4 is 9.84 Å². The van der Waals surface area contributed by atoms with Crippen LogP contribution in [0.3, 0.4) is 0 Å². The zero-order chi connectivity index (χ0) is 17.6. The molecule has 0 spiro atoms. The van der Waals surface area contributed by atoms with E-state index in [1.54, 1.807) is 6.08 Å². The zero-order valence-corrected chi connectivity index (χ0v) is 14.5. The van der Waals surface area contributed by atoms with Crippen LogP contribution in [0.5, 0.6) is 5.75 Å². The Morgan fingerprint density at radius 1 is 1.12 bits per heavy atom. The van der Waals surface area contributed by atoms with Gasteiger partial charge in [0.15, 0.2) is 0 Å². The van der Waals surface area contributed by atoms with Crippen molar-refractivity contribution in [3.05, 3.63) is 70.0 Å². The first-order valence-corrected chi connectivity index (χ1v) is 8.68. The number of carbonyl (C=O) groups excluding carboxylic acids is 1. The van der Waals surface area contributed by atoms with Gasteiger partial charge in [0, 0.05) is 11.1 Å². The topological polar surface area (TPSA) is 62.2 Å². The van der Waals surface area contributed by atoms with Gasteiger partial charge in [-0.2, -0.15) is 0 Å². The molecule has 0 bridgehead atoms. The quantitative estimate of drug-likeness (QED) is 0.679. The van der Waals surface area contributed by atoms with Gasteiger partial charge in [0.1, 0.15) is 10.8 Å². The summed E-state index contributed by atoms with van der Waals surface area (Å²) in [5.74, 6) is -0.438. The Morgan fingerprint density at radius 2 is 1.84 bits per heavy atom. The first kappa shape index (κ1) is 16.9. The van der Waals surface area contributed by atoms with Gasteiger partial charge in [-0.3, -0.25) is 0 Å². The summed E-state index contributed by atoms with van der Waals surface area (Å²) in [5.41, 5.74) is 2.10. The summed E-state index contributed by atoms with van der Waals surface area (Å²) in [6.45, 7) is 2.51. The average Bonchev–Trinajstić information content (AvgIpc) is 3.07. The molecule has 3 aromatic rings. The van der Waals surface area contributed by atoms with Gasteiger partial charge in [0.2, 0.25) is 0 Å². The van der Waals surface area contributed by atoms with Crippen molar-refractivity contribution in [2.24, 2.45) is 0 Å². The van der Waals surface area contributed by atoms with Crippen molar-refractivity contribution in [2.45, 2.75) is 6.92 Å². The van der Waals surface area contributed by atoms with Crippen LogP contribution in [-0.4, -0.2) is 17.6 Å². The lowest BCUT2D eigenvalue weighted by Gasteiger charge is -2.05. The number of aromatic carboxylic acids is 1. The molecule has 0 aliphatic carbocycles. The molecule has 0 fully saturated rings. The number of carboxylic acid groups (broad SMARTS) is 1. The van der Waals surface area contributed by atoms with E-state index in [9.17, 15) is 9.90 Å². The van der Waals surface area contributed by atoms with E-state index in [0.717, 1.165) is 28.2 Å². The number of carbonyl (C=O) groups is 1. The van der Waals surface area contributed by atoms with E-state index in [2.05, 4.69) is 4.98 Å². The monoisotopic (exact) mass is 350 g/mol. The van der Waals surface area contributed by atoms with Crippen LogP contribution in [0.1, 0.15) is 27.2 Å². The van der Waals surface area contributed by atoms with E-state index < -0.39 is 5.97 Å². The summed E-state index contributed by atoms with van der Waals surface area (Å²) in [6.07, 6.45) is 3.67. The molecule has 0 radical (unpaired) electrons. The van der Waals surface area contributed by atoms with Crippen LogP contribution in [0.2, 0.25) is 0 Å². The second kappa shape index (κ2) is 7.77. The number of aromatic nitrogens is 1. The van der Waals surface area contributed by atoms with Gasteiger partial charge in [0.25, 0.3) is 0 Å². The molecule has 25 heavy (non-hydrogen) atoms. The number of thiazole rings is 1. The Morgan fingerprint density at radius 3 is 2.56 bits per heavy atom. The van der Waals surface area contributed by atoms with Crippen LogP contribution in [0.25, 0.3) is 23.4 Å². The predicted octanol–water partition coefficient (Wildman–Crippen LogP) is 3.74. The first-order chi connectivity index (χ1) is 12.2. The van der Waals surface area contributed by atoms with Crippen LogP contribution in [0, 0.1) is 0 Å². The third-order valence-corrected chi connectivity index (χ3v) is 4.50. The Bertz CT molecular complexity index is 900. The maximum Gasteiger partial charge on any atom is 0.126 e. The molecular formula is C20H16NO3S-. The minimum atomic E-state index is -1.22. The van der Waals surface area contributed by atoms with Crippen LogP contribution in [0.4, 0.5) is 0 Å². The maximum atomic E-state index is 11.4. The lowest BCUT2D eigenvalue weighted by molar-refractivity contribution is -0.254. The van der Waals surface area contributed by atoms with E-state index in [4.69, 9.17) is 4.74 Å². The maximum absolute atomic E-state index is 11.4. The Hall–Kier alpha value is -2.92. The molecule has 126 valence electrons. The first-order valence-electron chi connectivity index (χ1n) is 7.86. The molecule has 0 unspecified atom stereocenters. The van der Waals surface area contributed by atoms with E-state index in [1.807, 2.05) is 67.6 Å². The standard InChI is InChI=1S/C20H17NO3S/c1-2-24-16-11-7-6-8-14(16)12-13-17-21-18(19(25-17)20(22)23)15-9-4-3-5-10-15/h3-13H,2H2,1H3,(H,22,23)/p-1/b13-12+. The van der Waals surface area contributed by atoms with Crippen molar-refractivity contribution >= 4 is 29.5 Å². The third kappa shape index (κ3) is 3.95. The molecular weight excluding hydrogens is 334 g/mol. The zero-order valence-electron chi connectivity index (χ0n) is 13.6. The SMILES string of the molecule is CCOc1ccccc1/C=C/c1nc(-c2ccccc2)c(C(=O)[O-])s1. The highest BCUT2D eigenvalue weighted by molar-refractivity contribution is 7.14. The van der Waals surface area contributed by atoms with Crippen LogP contribution >= 0.6 is 11.3 Å². The second-order valence-electron chi connectivity index (χ2n) is 5.19. The molecule has 0 atom stereocenters. The molecule has 5 heteroatoms. The highest BCUT2D eigenvalue weighted by Gasteiger charge is 2.12. The third-order valence-electron chi connectivity index (χ3n) is 3.50. The van der Waals surface area contributed by atoms with E-state index in [-0.39, 0.29) is 4.88 Å². The fourth-order valence-electron chi connectivity index (χ4n) is 2.40. The van der Waals surface area contributed by atoms with Gasteiger partial charge in [-0.25, -0.2) is 4.98 Å². The molecule has 4 nitrogen and oxygen atoms in total. The normalized spacial score (nSPS) is 10.9. The number of nitrogens with zero attached hydrogens (tertiary/aromatic N) is 1. The minimum Gasteiger partial charge on any atom is -0.544 e. The summed E-state index contributed by atoms with van der Waals surface area (Å²) < 4.78 is 5.59. The fourth-order valence-corrected chi connectivity index (χ4v) is 3.23. The molecule has 0 N–H and O–H groups in total. The van der Waals surface area contributed by atoms with E-state index in [1.165, 1.54) is 0 Å². The molecule has 2 aromatic carbocycles. The number of benzene rings is 2. The number of para-hydroxylation sites is 1. The van der Waals surface area contributed by atoms with E-state index in [0.29, 0.717) is 17.3 Å². The summed E-state index contributed by atoms with van der Waals surface area (Å²) in [7, 11) is 0. The number of ether oxygens (including phenoxy) is 1. The van der Waals surface area contributed by atoms with Crippen molar-refractivity contribution in [3.8, 4) is 17.0 Å². The highest BCUT2D eigenvalue weighted by atomic mass is 32.1. The minimum absolute atomic E-state index is 0.129. The molecule has 0 amide bonds. The highest BCUT2D eigenvalue weighted by Crippen LogP contribution is 2.29. The number of hydrogen-bond acceptors (Lipinski definition) is 5. The molecule has 1 aromatic heterocycles. The van der Waals surface area contributed by atoms with Crippen molar-refractivity contribution in [3.63, 3.8) is 0 Å². The molecule has 0 saturated carbocycles. The number of carboxylic acids is 1. The largest absolute Gasteiger partial charge is 0.544 e. The number of rotatable bonds is 6. The van der Waals surface area contributed by atoms with Gasteiger partial charge in [-0.15, -0.1) is 11.3 Å². The van der Waals surface area contributed by atoms with E-state index >= 15 is 0 Å². The molecule has 3 rings (SSSR count). The van der Waals surface area contributed by atoms with Crippen molar-refractivity contribution in [1.29, 1.82) is 0 Å². The van der Waals surface area contributed by atoms with Crippen molar-refractivity contribution < 1.29 is 14.6 Å². The van der Waals surface area contributed by atoms with Crippen molar-refractivity contribution in [2.75, 3.05) is 6.61 Å². The van der Waals surface area contributed by atoms with Crippen molar-refractivity contribution in [1.82, 2.24) is 4.98 Å². The number of hydrogen-bond donors (Lipinski definition) is 0. The molecule has 0 saturated heterocycles. The summed E-state index contributed by atoms with van der Waals surface area (Å²) in [5, 5.41) is 12.0. The predicted molar refractivity (Wildman–Crippen MR) is 98.4 cm³/mol. The van der Waals surface area contributed by atoms with Gasteiger partial charge >= 0.3 is 0 Å². The van der Waals surface area contributed by atoms with Gasteiger partial charge in [0.05, 0.1) is 23.1 Å². The molecule has 0 aliphatic rings. The van der Waals surface area contributed by atoms with Gasteiger partial charge < -0.3 is 14.6 Å². The van der Waals surface area contributed by atoms with Crippen LogP contribution in [0.15, 0.2) is 54.6 Å². The summed E-state index contributed by atoms with van der Waals surface area (Å²) in [6, 6.07) is 16.9. The van der Waals surface area contributed by atoms with Crippen LogP contribution in [-0.2, 0) is 0 Å². The molecule has 0 aliphatic heterocycles.